The van der Waals surface area contributed by atoms with E-state index in [0.29, 0.717) is 0 Å². The van der Waals surface area contributed by atoms with Crippen LogP contribution in [0, 0.1) is 6.92 Å². The molecule has 3 N–H and O–H groups in total. The average Bonchev–Trinajstić information content (AvgIpc) is 2.39. The minimum absolute atomic E-state index is 0.227. The fourth-order valence-electron chi connectivity index (χ4n) is 1.45. The highest BCUT2D eigenvalue weighted by Crippen LogP contribution is 2.29. The van der Waals surface area contributed by atoms with Crippen molar-refractivity contribution in [2.45, 2.75) is 16.9 Å². The molecular weight excluding hydrogens is 367 g/mol. The summed E-state index contributed by atoms with van der Waals surface area (Å²) in [6, 6.07) is 7.18. The van der Waals surface area contributed by atoms with E-state index >= 15 is 0 Å². The van der Waals surface area contributed by atoms with Crippen LogP contribution in [0.15, 0.2) is 24.3 Å². The van der Waals surface area contributed by atoms with Gasteiger partial charge in [0.05, 0.1) is 0 Å². The van der Waals surface area contributed by atoms with Crippen LogP contribution in [0.25, 0.3) is 0 Å². The zero-order valence-corrected chi connectivity index (χ0v) is 15.4. The van der Waals surface area contributed by atoms with Crippen LogP contribution in [0.1, 0.15) is 5.56 Å². The molecule has 1 atom stereocenters. The van der Waals surface area contributed by atoms with Crippen molar-refractivity contribution in [3.63, 3.8) is 0 Å². The van der Waals surface area contributed by atoms with Gasteiger partial charge >= 0.3 is 6.03 Å². The quantitative estimate of drug-likeness (QED) is 0.426. The van der Waals surface area contributed by atoms with Crippen molar-refractivity contribution in [1.82, 2.24) is 15.5 Å². The highest BCUT2D eigenvalue weighted by molar-refractivity contribution is 7.80. The molecule has 22 heavy (non-hydrogen) atoms. The number of urea groups is 1. The molecule has 0 fully saturated rings. The molecule has 0 aliphatic heterocycles. The molecule has 122 valence electrons. The van der Waals surface area contributed by atoms with Crippen molar-refractivity contribution in [2.75, 3.05) is 19.4 Å². The van der Waals surface area contributed by atoms with Gasteiger partial charge in [0.1, 0.15) is 0 Å². The van der Waals surface area contributed by atoms with Crippen LogP contribution in [0.4, 0.5) is 10.5 Å². The summed E-state index contributed by atoms with van der Waals surface area (Å²) >= 11 is 22.8. The van der Waals surface area contributed by atoms with Gasteiger partial charge in [-0.05, 0) is 30.8 Å². The number of alkyl halides is 3. The number of halogens is 3. The number of amides is 2. The molecule has 0 saturated carbocycles. The first kappa shape index (κ1) is 19.1. The van der Waals surface area contributed by atoms with Crippen molar-refractivity contribution >= 4 is 63.9 Å². The minimum atomic E-state index is -1.77. The lowest BCUT2D eigenvalue weighted by molar-refractivity contribution is 0.212. The largest absolute Gasteiger partial charge is 0.339 e. The molecule has 0 aromatic heterocycles. The molecule has 1 rings (SSSR count). The van der Waals surface area contributed by atoms with E-state index in [1.54, 1.807) is 14.1 Å². The number of carbonyl (C=O) groups is 1. The van der Waals surface area contributed by atoms with E-state index in [4.69, 9.17) is 47.0 Å². The Morgan fingerprint density at radius 1 is 1.23 bits per heavy atom. The van der Waals surface area contributed by atoms with Crippen molar-refractivity contribution in [2.24, 2.45) is 0 Å². The molecule has 0 bridgehead atoms. The summed E-state index contributed by atoms with van der Waals surface area (Å²) in [5.41, 5.74) is 1.83. The van der Waals surface area contributed by atoms with Gasteiger partial charge in [0.2, 0.25) is 3.79 Å². The highest BCUT2D eigenvalue weighted by atomic mass is 35.6. The van der Waals surface area contributed by atoms with Crippen LogP contribution in [0.3, 0.4) is 0 Å². The van der Waals surface area contributed by atoms with E-state index in [0.717, 1.165) is 11.3 Å². The molecule has 0 aliphatic carbocycles. The first-order valence-electron chi connectivity index (χ1n) is 6.29. The fourth-order valence-corrected chi connectivity index (χ4v) is 2.01. The maximum absolute atomic E-state index is 11.7. The molecule has 9 heteroatoms. The van der Waals surface area contributed by atoms with Gasteiger partial charge in [-0.1, -0.05) is 53.0 Å². The monoisotopic (exact) mass is 382 g/mol. The zero-order valence-electron chi connectivity index (χ0n) is 12.3. The Kier molecular flexibility index (Phi) is 6.99. The predicted octanol–water partition coefficient (Wildman–Crippen LogP) is 3.25. The summed E-state index contributed by atoms with van der Waals surface area (Å²) in [5.74, 6) is 0. The molecule has 2 amide bonds. The number of carbonyl (C=O) groups excluding carboxylic acids is 1. The lowest BCUT2D eigenvalue weighted by atomic mass is 10.2. The zero-order chi connectivity index (χ0) is 16.9. The smallest absolute Gasteiger partial charge is 0.318 e. The number of anilines is 1. The van der Waals surface area contributed by atoms with E-state index in [9.17, 15) is 4.79 Å². The summed E-state index contributed by atoms with van der Waals surface area (Å²) < 4.78 is -1.77. The second kappa shape index (κ2) is 8.06. The third kappa shape index (κ3) is 6.04. The lowest BCUT2D eigenvalue weighted by Crippen LogP contribution is -2.57. The number of nitrogens with zero attached hydrogens (tertiary/aromatic N) is 1. The molecule has 5 nitrogen and oxygen atoms in total. The lowest BCUT2D eigenvalue weighted by Gasteiger charge is -2.29. The third-order valence-electron chi connectivity index (χ3n) is 2.67. The van der Waals surface area contributed by atoms with Gasteiger partial charge in [-0.15, -0.1) is 0 Å². The Morgan fingerprint density at radius 2 is 1.82 bits per heavy atom. The third-order valence-corrected chi connectivity index (χ3v) is 3.54. The van der Waals surface area contributed by atoms with Crippen LogP contribution in [-0.4, -0.2) is 40.1 Å². The highest BCUT2D eigenvalue weighted by Gasteiger charge is 2.35. The normalized spacial score (nSPS) is 12.3. The summed E-state index contributed by atoms with van der Waals surface area (Å²) in [7, 11) is 3.16. The van der Waals surface area contributed by atoms with Gasteiger partial charge in [-0.3, -0.25) is 0 Å². The van der Waals surface area contributed by atoms with Gasteiger partial charge in [-0.25, -0.2) is 4.79 Å². The molecule has 0 spiro atoms. The SMILES string of the molecule is Cc1ccccc1NC(=S)N[C@@H](NC(=O)N(C)C)C(Cl)(Cl)Cl. The number of para-hydroxylation sites is 1. The van der Waals surface area contributed by atoms with E-state index in [1.807, 2.05) is 31.2 Å². The van der Waals surface area contributed by atoms with Crippen molar-refractivity contribution in [3.8, 4) is 0 Å². The Labute approximate surface area is 150 Å². The summed E-state index contributed by atoms with van der Waals surface area (Å²) in [6.07, 6.45) is -0.989. The second-order valence-electron chi connectivity index (χ2n) is 4.73. The van der Waals surface area contributed by atoms with E-state index < -0.39 is 16.0 Å². The Balaban J connectivity index is 2.75. The average molecular weight is 384 g/mol. The van der Waals surface area contributed by atoms with Gasteiger partial charge in [0.25, 0.3) is 0 Å². The van der Waals surface area contributed by atoms with Gasteiger partial charge in [0.15, 0.2) is 11.3 Å². The Bertz CT molecular complexity index is 548. The number of hydrogen-bond donors (Lipinski definition) is 3. The van der Waals surface area contributed by atoms with Crippen LogP contribution in [0.5, 0.6) is 0 Å². The first-order chi connectivity index (χ1) is 10.1. The molecular formula is C13H17Cl3N4OS. The number of benzene rings is 1. The summed E-state index contributed by atoms with van der Waals surface area (Å²) in [5, 5.41) is 8.55. The number of aryl methyl sites for hydroxylation is 1. The predicted molar refractivity (Wildman–Crippen MR) is 96.8 cm³/mol. The van der Waals surface area contributed by atoms with Crippen molar-refractivity contribution in [3.05, 3.63) is 29.8 Å². The molecule has 0 radical (unpaired) electrons. The molecule has 0 saturated heterocycles. The summed E-state index contributed by atoms with van der Waals surface area (Å²) in [6.45, 7) is 1.94. The number of thiocarbonyl (C=S) groups is 1. The van der Waals surface area contributed by atoms with E-state index in [-0.39, 0.29) is 5.11 Å². The second-order valence-corrected chi connectivity index (χ2v) is 7.51. The fraction of sp³-hybridized carbons (Fsp3) is 0.385. The molecule has 0 heterocycles. The maximum Gasteiger partial charge on any atom is 0.318 e. The number of rotatable bonds is 3. The molecule has 1 aromatic rings. The minimum Gasteiger partial charge on any atom is -0.339 e. The number of hydrogen-bond acceptors (Lipinski definition) is 2. The van der Waals surface area contributed by atoms with E-state index in [2.05, 4.69) is 16.0 Å². The van der Waals surface area contributed by atoms with Crippen LogP contribution >= 0.6 is 47.0 Å². The van der Waals surface area contributed by atoms with Gasteiger partial charge in [-0.2, -0.15) is 0 Å². The van der Waals surface area contributed by atoms with Crippen LogP contribution in [-0.2, 0) is 0 Å². The molecule has 0 aliphatic rings. The van der Waals surface area contributed by atoms with Crippen LogP contribution in [0.2, 0.25) is 0 Å². The molecule has 0 unspecified atom stereocenters. The Morgan fingerprint density at radius 3 is 2.32 bits per heavy atom. The van der Waals surface area contributed by atoms with Crippen molar-refractivity contribution in [1.29, 1.82) is 0 Å². The Hall–Kier alpha value is -0.950. The van der Waals surface area contributed by atoms with Crippen LogP contribution < -0.4 is 16.0 Å². The molecule has 1 aromatic carbocycles. The summed E-state index contributed by atoms with van der Waals surface area (Å²) in [4.78, 5) is 13.1. The first-order valence-corrected chi connectivity index (χ1v) is 7.83. The standard InChI is InChI=1S/C13H17Cl3N4OS/c1-8-6-4-5-7-9(8)17-11(22)18-10(13(14,15)16)19-12(21)20(2)3/h4-7,10H,1-3H3,(H,19,21)(H2,17,18,22)/t10-/m0/s1. The number of nitrogens with one attached hydrogen (secondary N) is 3. The topological polar surface area (TPSA) is 56.4 Å². The van der Waals surface area contributed by atoms with Crippen molar-refractivity contribution < 1.29 is 4.79 Å². The van der Waals surface area contributed by atoms with Gasteiger partial charge in [0, 0.05) is 19.8 Å². The van der Waals surface area contributed by atoms with Gasteiger partial charge < -0.3 is 20.9 Å². The van der Waals surface area contributed by atoms with E-state index in [1.165, 1.54) is 4.90 Å². The maximum atomic E-state index is 11.7.